The van der Waals surface area contributed by atoms with Crippen molar-refractivity contribution in [3.63, 3.8) is 0 Å². The molecule has 2 fully saturated rings. The van der Waals surface area contributed by atoms with Crippen molar-refractivity contribution in [3.05, 3.63) is 35.6 Å². The van der Waals surface area contributed by atoms with Gasteiger partial charge in [0, 0.05) is 45.3 Å². The molecule has 2 saturated heterocycles. The van der Waals surface area contributed by atoms with Gasteiger partial charge in [-0.25, -0.2) is 4.39 Å². The van der Waals surface area contributed by atoms with Gasteiger partial charge in [-0.1, -0.05) is 18.6 Å². The fourth-order valence-electron chi connectivity index (χ4n) is 3.86. The zero-order valence-corrected chi connectivity index (χ0v) is 14.7. The zero-order chi connectivity index (χ0) is 16.9. The molecule has 1 N–H and O–H groups in total. The monoisotopic (exact) mass is 335 g/mol. The van der Waals surface area contributed by atoms with E-state index >= 15 is 0 Å². The second kappa shape index (κ2) is 8.39. The van der Waals surface area contributed by atoms with Crippen molar-refractivity contribution in [1.29, 1.82) is 0 Å². The van der Waals surface area contributed by atoms with Gasteiger partial charge in [-0.3, -0.25) is 9.80 Å². The quantitative estimate of drug-likeness (QED) is 0.891. The Balaban J connectivity index is 1.42. The SMILES string of the molecule is CN1CCCCC1CN1CCN(CC(O)c2ccc(F)cc2)CC1. The lowest BCUT2D eigenvalue weighted by Gasteiger charge is -2.40. The summed E-state index contributed by atoms with van der Waals surface area (Å²) in [5.74, 6) is -0.257. The minimum Gasteiger partial charge on any atom is -0.387 e. The second-order valence-electron chi connectivity index (χ2n) is 7.30. The molecule has 2 aliphatic heterocycles. The van der Waals surface area contributed by atoms with Crippen LogP contribution in [0.4, 0.5) is 4.39 Å². The van der Waals surface area contributed by atoms with Crippen LogP contribution in [0.5, 0.6) is 0 Å². The predicted octanol–water partition coefficient (Wildman–Crippen LogP) is 1.96. The Kier molecular flexibility index (Phi) is 6.22. The summed E-state index contributed by atoms with van der Waals surface area (Å²) in [6.45, 7) is 7.16. The lowest BCUT2D eigenvalue weighted by Crippen LogP contribution is -2.52. The molecule has 5 heteroatoms. The summed E-state index contributed by atoms with van der Waals surface area (Å²) in [7, 11) is 2.25. The second-order valence-corrected chi connectivity index (χ2v) is 7.30. The van der Waals surface area contributed by atoms with Gasteiger partial charge in [-0.05, 0) is 44.1 Å². The number of hydrogen-bond donors (Lipinski definition) is 1. The number of likely N-dealkylation sites (N-methyl/N-ethyl adjacent to an activating group) is 1. The lowest BCUT2D eigenvalue weighted by atomic mass is 10.0. The van der Waals surface area contributed by atoms with Crippen molar-refractivity contribution >= 4 is 0 Å². The molecule has 4 nitrogen and oxygen atoms in total. The average Bonchev–Trinajstić information content (AvgIpc) is 2.59. The van der Waals surface area contributed by atoms with Crippen LogP contribution in [0.3, 0.4) is 0 Å². The van der Waals surface area contributed by atoms with Crippen molar-refractivity contribution in [2.45, 2.75) is 31.4 Å². The Hall–Kier alpha value is -1.01. The third-order valence-corrected chi connectivity index (χ3v) is 5.54. The highest BCUT2D eigenvalue weighted by Gasteiger charge is 2.25. The first kappa shape index (κ1) is 17.8. The standard InChI is InChI=1S/C19H30FN3O/c1-21-9-3-2-4-18(21)14-22-10-12-23(13-11-22)15-19(24)16-5-7-17(20)8-6-16/h5-8,18-19,24H,2-4,9-15H2,1H3. The number of aliphatic hydroxyl groups excluding tert-OH is 1. The molecule has 1 aromatic rings. The number of β-amino-alcohol motifs (C(OH)–C–C–N with tert-alkyl or cyclic N) is 1. The average molecular weight is 335 g/mol. The molecule has 2 aliphatic rings. The van der Waals surface area contributed by atoms with Gasteiger partial charge in [0.15, 0.2) is 0 Å². The van der Waals surface area contributed by atoms with E-state index in [1.54, 1.807) is 12.1 Å². The van der Waals surface area contributed by atoms with E-state index in [1.807, 2.05) is 0 Å². The number of piperazine rings is 1. The molecule has 0 spiro atoms. The van der Waals surface area contributed by atoms with Gasteiger partial charge in [0.25, 0.3) is 0 Å². The molecular formula is C19H30FN3O. The molecule has 2 heterocycles. The Morgan fingerprint density at radius 3 is 2.38 bits per heavy atom. The minimum atomic E-state index is -0.540. The maximum atomic E-state index is 13.0. The van der Waals surface area contributed by atoms with Gasteiger partial charge in [0.05, 0.1) is 6.10 Å². The highest BCUT2D eigenvalue weighted by molar-refractivity contribution is 5.18. The van der Waals surface area contributed by atoms with E-state index in [-0.39, 0.29) is 5.82 Å². The van der Waals surface area contributed by atoms with E-state index in [9.17, 15) is 9.50 Å². The number of halogens is 1. The summed E-state index contributed by atoms with van der Waals surface area (Å²) in [6, 6.07) is 6.88. The molecule has 0 radical (unpaired) electrons. The zero-order valence-electron chi connectivity index (χ0n) is 14.7. The van der Waals surface area contributed by atoms with Gasteiger partial charge >= 0.3 is 0 Å². The van der Waals surface area contributed by atoms with Crippen LogP contribution in [0.1, 0.15) is 30.9 Å². The van der Waals surface area contributed by atoms with Crippen LogP contribution in [-0.2, 0) is 0 Å². The molecule has 2 unspecified atom stereocenters. The predicted molar refractivity (Wildman–Crippen MR) is 94.5 cm³/mol. The number of piperidine rings is 1. The van der Waals surface area contributed by atoms with E-state index in [1.165, 1.54) is 44.5 Å². The molecule has 134 valence electrons. The Morgan fingerprint density at radius 2 is 1.71 bits per heavy atom. The fraction of sp³-hybridized carbons (Fsp3) is 0.684. The number of nitrogens with zero attached hydrogens (tertiary/aromatic N) is 3. The summed E-state index contributed by atoms with van der Waals surface area (Å²) in [4.78, 5) is 7.39. The summed E-state index contributed by atoms with van der Waals surface area (Å²) in [5, 5.41) is 10.3. The Labute approximate surface area is 144 Å². The van der Waals surface area contributed by atoms with E-state index in [2.05, 4.69) is 21.7 Å². The number of rotatable bonds is 5. The van der Waals surface area contributed by atoms with Crippen LogP contribution in [-0.4, -0.2) is 78.7 Å². The number of benzene rings is 1. The molecule has 0 aliphatic carbocycles. The molecular weight excluding hydrogens is 305 g/mol. The van der Waals surface area contributed by atoms with Crippen molar-refractivity contribution in [2.24, 2.45) is 0 Å². The van der Waals surface area contributed by atoms with Crippen LogP contribution in [0.25, 0.3) is 0 Å². The van der Waals surface area contributed by atoms with Gasteiger partial charge in [-0.15, -0.1) is 0 Å². The molecule has 0 amide bonds. The highest BCUT2D eigenvalue weighted by atomic mass is 19.1. The maximum absolute atomic E-state index is 13.0. The Bertz CT molecular complexity index is 502. The van der Waals surface area contributed by atoms with Gasteiger partial charge in [0.2, 0.25) is 0 Å². The third-order valence-electron chi connectivity index (χ3n) is 5.54. The molecule has 3 rings (SSSR count). The lowest BCUT2D eigenvalue weighted by molar-refractivity contribution is 0.0552. The van der Waals surface area contributed by atoms with Crippen LogP contribution in [0.2, 0.25) is 0 Å². The molecule has 0 bridgehead atoms. The van der Waals surface area contributed by atoms with Crippen LogP contribution in [0, 0.1) is 5.82 Å². The Morgan fingerprint density at radius 1 is 1.04 bits per heavy atom. The third kappa shape index (κ3) is 4.76. The van der Waals surface area contributed by atoms with Crippen LogP contribution >= 0.6 is 0 Å². The molecule has 0 saturated carbocycles. The van der Waals surface area contributed by atoms with Crippen LogP contribution < -0.4 is 0 Å². The maximum Gasteiger partial charge on any atom is 0.123 e. The van der Waals surface area contributed by atoms with Crippen molar-refractivity contribution in [3.8, 4) is 0 Å². The first-order chi connectivity index (χ1) is 11.6. The molecule has 24 heavy (non-hydrogen) atoms. The molecule has 1 aromatic carbocycles. The highest BCUT2D eigenvalue weighted by Crippen LogP contribution is 2.18. The summed E-state index contributed by atoms with van der Waals surface area (Å²) < 4.78 is 13.0. The summed E-state index contributed by atoms with van der Waals surface area (Å²) >= 11 is 0. The van der Waals surface area contributed by atoms with Crippen LogP contribution in [0.15, 0.2) is 24.3 Å². The molecule has 2 atom stereocenters. The van der Waals surface area contributed by atoms with Crippen molar-refractivity contribution in [1.82, 2.24) is 14.7 Å². The molecule has 0 aromatic heterocycles. The first-order valence-electron chi connectivity index (χ1n) is 9.20. The fourth-order valence-corrected chi connectivity index (χ4v) is 3.86. The minimum absolute atomic E-state index is 0.257. The smallest absolute Gasteiger partial charge is 0.123 e. The number of hydrogen-bond acceptors (Lipinski definition) is 4. The van der Waals surface area contributed by atoms with Crippen molar-refractivity contribution in [2.75, 3.05) is 52.9 Å². The van der Waals surface area contributed by atoms with E-state index in [0.29, 0.717) is 12.6 Å². The topological polar surface area (TPSA) is 30.0 Å². The largest absolute Gasteiger partial charge is 0.387 e. The normalized spacial score (nSPS) is 25.7. The number of likely N-dealkylation sites (tertiary alicyclic amines) is 1. The van der Waals surface area contributed by atoms with E-state index in [0.717, 1.165) is 31.7 Å². The summed E-state index contributed by atoms with van der Waals surface area (Å²) in [6.07, 6.45) is 3.47. The van der Waals surface area contributed by atoms with Crippen molar-refractivity contribution < 1.29 is 9.50 Å². The summed E-state index contributed by atoms with van der Waals surface area (Å²) in [5.41, 5.74) is 0.794. The van der Waals surface area contributed by atoms with E-state index in [4.69, 9.17) is 0 Å². The first-order valence-corrected chi connectivity index (χ1v) is 9.20. The number of aliphatic hydroxyl groups is 1. The van der Waals surface area contributed by atoms with Gasteiger partial charge < -0.3 is 10.0 Å². The van der Waals surface area contributed by atoms with Gasteiger partial charge in [0.1, 0.15) is 5.82 Å². The van der Waals surface area contributed by atoms with Gasteiger partial charge in [-0.2, -0.15) is 0 Å². The van der Waals surface area contributed by atoms with E-state index < -0.39 is 6.10 Å².